The van der Waals surface area contributed by atoms with Gasteiger partial charge in [0.1, 0.15) is 23.0 Å². The number of amidine groups is 1. The number of hydrogen-bond acceptors (Lipinski definition) is 4. The monoisotopic (exact) mass is 504 g/mol. The number of nitrogens with zero attached hydrogens (tertiary/aromatic N) is 2. The highest BCUT2D eigenvalue weighted by Gasteiger charge is 2.37. The Bertz CT molecular complexity index is 1890. The lowest BCUT2D eigenvalue weighted by molar-refractivity contribution is 0.392. The number of ether oxygens (including phenoxy) is 1. The molecule has 0 saturated heterocycles. The molecule has 1 aliphatic heterocycles. The molecule has 2 aliphatic carbocycles. The van der Waals surface area contributed by atoms with Crippen LogP contribution in [0.5, 0.6) is 0 Å². The van der Waals surface area contributed by atoms with Gasteiger partial charge in [-0.05, 0) is 47.5 Å². The fourth-order valence-electron chi connectivity index (χ4n) is 5.78. The average Bonchev–Trinajstić information content (AvgIpc) is 3.60. The van der Waals surface area contributed by atoms with E-state index in [2.05, 4.69) is 108 Å². The van der Waals surface area contributed by atoms with E-state index in [1.165, 1.54) is 5.57 Å². The van der Waals surface area contributed by atoms with Gasteiger partial charge in [-0.2, -0.15) is 0 Å². The maximum atomic E-state index is 6.41. The van der Waals surface area contributed by atoms with Crippen LogP contribution in [-0.2, 0) is 4.74 Å². The quantitative estimate of drug-likeness (QED) is 0.247. The molecule has 1 aromatic heterocycles. The van der Waals surface area contributed by atoms with Crippen LogP contribution in [0.1, 0.15) is 0 Å². The lowest BCUT2D eigenvalue weighted by Crippen LogP contribution is -2.25. The van der Waals surface area contributed by atoms with Crippen LogP contribution in [0.3, 0.4) is 0 Å². The second-order valence-electron chi connectivity index (χ2n) is 9.96. The van der Waals surface area contributed by atoms with Gasteiger partial charge < -0.3 is 9.15 Å². The maximum Gasteiger partial charge on any atom is 0.302 e. The van der Waals surface area contributed by atoms with Crippen LogP contribution in [0.4, 0.5) is 11.4 Å². The Hall–Kier alpha value is -5.09. The fraction of sp³-hybridized carbons (Fsp3) is 0.0571. The van der Waals surface area contributed by atoms with E-state index in [0.29, 0.717) is 6.02 Å². The highest BCUT2D eigenvalue weighted by molar-refractivity contribution is 6.09. The molecular formula is C35H24N2O2. The van der Waals surface area contributed by atoms with Gasteiger partial charge in [-0.25, -0.2) is 4.99 Å². The lowest BCUT2D eigenvalue weighted by atomic mass is 9.84. The number of anilines is 2. The van der Waals surface area contributed by atoms with Gasteiger partial charge in [-0.15, -0.1) is 0 Å². The van der Waals surface area contributed by atoms with E-state index >= 15 is 0 Å². The molecule has 0 fully saturated rings. The third-order valence-electron chi connectivity index (χ3n) is 7.68. The summed E-state index contributed by atoms with van der Waals surface area (Å²) in [6, 6.07) is 33.8. The first-order chi connectivity index (χ1) is 19.3. The van der Waals surface area contributed by atoms with E-state index in [1.807, 2.05) is 30.3 Å². The van der Waals surface area contributed by atoms with E-state index in [9.17, 15) is 0 Å². The molecule has 5 aromatic rings. The zero-order valence-corrected chi connectivity index (χ0v) is 21.1. The van der Waals surface area contributed by atoms with Gasteiger partial charge in [0.2, 0.25) is 0 Å². The second kappa shape index (κ2) is 8.74. The number of allylic oxidation sites excluding steroid dienone is 5. The summed E-state index contributed by atoms with van der Waals surface area (Å²) in [6.45, 7) is 0. The van der Waals surface area contributed by atoms with Crippen LogP contribution in [0, 0.1) is 5.92 Å². The molecule has 2 heterocycles. The van der Waals surface area contributed by atoms with Crippen molar-refractivity contribution in [1.29, 1.82) is 0 Å². The van der Waals surface area contributed by atoms with Crippen LogP contribution in [0.2, 0.25) is 0 Å². The van der Waals surface area contributed by atoms with Gasteiger partial charge >= 0.3 is 6.02 Å². The third-order valence-corrected chi connectivity index (χ3v) is 7.68. The van der Waals surface area contributed by atoms with Crippen LogP contribution < -0.4 is 4.90 Å². The summed E-state index contributed by atoms with van der Waals surface area (Å²) in [5.74, 6) is 1.07. The normalized spacial score (nSPS) is 19.2. The highest BCUT2D eigenvalue weighted by Crippen LogP contribution is 2.40. The molecule has 2 unspecified atom stereocenters. The first-order valence-corrected chi connectivity index (χ1v) is 13.2. The molecular weight excluding hydrogens is 480 g/mol. The number of para-hydroxylation sites is 3. The summed E-state index contributed by atoms with van der Waals surface area (Å²) >= 11 is 0. The van der Waals surface area contributed by atoms with Gasteiger partial charge in [0.25, 0.3) is 0 Å². The zero-order valence-electron chi connectivity index (χ0n) is 21.1. The van der Waals surface area contributed by atoms with Gasteiger partial charge in [0, 0.05) is 22.3 Å². The molecule has 8 rings (SSSR count). The molecule has 4 heteroatoms. The number of rotatable bonds is 3. The topological polar surface area (TPSA) is 38.0 Å². The van der Waals surface area contributed by atoms with Gasteiger partial charge in [-0.3, -0.25) is 4.90 Å². The molecule has 3 aliphatic rings. The molecule has 2 atom stereocenters. The van der Waals surface area contributed by atoms with Crippen molar-refractivity contribution in [3.8, 4) is 11.1 Å². The summed E-state index contributed by atoms with van der Waals surface area (Å²) in [5.41, 5.74) is 7.21. The minimum atomic E-state index is -0.0580. The summed E-state index contributed by atoms with van der Waals surface area (Å²) < 4.78 is 12.7. The highest BCUT2D eigenvalue weighted by atomic mass is 16.5. The van der Waals surface area contributed by atoms with Gasteiger partial charge in [-0.1, -0.05) is 97.1 Å². The second-order valence-corrected chi connectivity index (χ2v) is 9.96. The molecule has 186 valence electrons. The zero-order chi connectivity index (χ0) is 25.8. The standard InChI is InChI=1S/C35H24N2O2/c1-2-10-25(11-3-1)37(35-36-33-27-12-5-4-9-23(27)19-22-32(33)39-35)26-20-17-24(18-21-26)28-14-8-15-30-29-13-6-7-16-31(29)38-34(28)30/h1-22,27,33H. The fourth-order valence-corrected chi connectivity index (χ4v) is 5.78. The molecule has 4 nitrogen and oxygen atoms in total. The summed E-state index contributed by atoms with van der Waals surface area (Å²) in [6.07, 6.45) is 12.7. The predicted octanol–water partition coefficient (Wildman–Crippen LogP) is 8.71. The van der Waals surface area contributed by atoms with Crippen molar-refractivity contribution in [1.82, 2.24) is 0 Å². The molecule has 39 heavy (non-hydrogen) atoms. The number of benzene rings is 4. The minimum Gasteiger partial charge on any atom is -0.455 e. The lowest BCUT2D eigenvalue weighted by Gasteiger charge is -2.24. The van der Waals surface area contributed by atoms with Crippen molar-refractivity contribution in [2.24, 2.45) is 10.9 Å². The molecule has 0 spiro atoms. The third kappa shape index (κ3) is 3.57. The number of fused-ring (bicyclic) bond motifs is 6. The Labute approximate surface area is 226 Å². The number of hydrogen-bond donors (Lipinski definition) is 0. The Morgan fingerprint density at radius 2 is 1.49 bits per heavy atom. The van der Waals surface area contributed by atoms with E-state index in [0.717, 1.165) is 50.2 Å². The summed E-state index contributed by atoms with van der Waals surface area (Å²) in [5, 5.41) is 2.26. The Balaban J connectivity index is 1.19. The molecule has 0 radical (unpaired) electrons. The Kier molecular flexibility index (Phi) is 4.92. The maximum absolute atomic E-state index is 6.41. The van der Waals surface area contributed by atoms with Crippen molar-refractivity contribution >= 4 is 39.3 Å². The van der Waals surface area contributed by atoms with Crippen LogP contribution >= 0.6 is 0 Å². The first kappa shape index (κ1) is 21.9. The first-order valence-electron chi connectivity index (χ1n) is 13.2. The average molecular weight is 505 g/mol. The molecule has 0 N–H and O–H groups in total. The SMILES string of the molecule is C1=CC2=CC=C3OC(N(c4ccccc4)c4ccc(-c5cccc6c5oc5ccccc56)cc4)=NC3C2C=C1. The Morgan fingerprint density at radius 1 is 0.692 bits per heavy atom. The van der Waals surface area contributed by atoms with Crippen LogP contribution in [-0.4, -0.2) is 12.1 Å². The molecule has 0 bridgehead atoms. The van der Waals surface area contributed by atoms with E-state index in [4.69, 9.17) is 14.1 Å². The van der Waals surface area contributed by atoms with Gasteiger partial charge in [0.15, 0.2) is 0 Å². The number of furan rings is 1. The molecule has 4 aromatic carbocycles. The largest absolute Gasteiger partial charge is 0.455 e. The van der Waals surface area contributed by atoms with E-state index in [-0.39, 0.29) is 12.0 Å². The van der Waals surface area contributed by atoms with E-state index in [1.54, 1.807) is 0 Å². The number of aliphatic imine (C=N–C) groups is 1. The molecule has 0 saturated carbocycles. The van der Waals surface area contributed by atoms with Crippen molar-refractivity contribution in [2.45, 2.75) is 6.04 Å². The van der Waals surface area contributed by atoms with Crippen molar-refractivity contribution in [2.75, 3.05) is 4.90 Å². The minimum absolute atomic E-state index is 0.0580. The Morgan fingerprint density at radius 3 is 2.38 bits per heavy atom. The van der Waals surface area contributed by atoms with Crippen LogP contribution in [0.25, 0.3) is 33.1 Å². The van der Waals surface area contributed by atoms with Crippen molar-refractivity contribution in [3.05, 3.63) is 145 Å². The predicted molar refractivity (Wildman–Crippen MR) is 158 cm³/mol. The van der Waals surface area contributed by atoms with Crippen LogP contribution in [0.15, 0.2) is 154 Å². The van der Waals surface area contributed by atoms with Crippen molar-refractivity contribution in [3.63, 3.8) is 0 Å². The van der Waals surface area contributed by atoms with Crippen molar-refractivity contribution < 1.29 is 9.15 Å². The molecule has 0 amide bonds. The summed E-state index contributed by atoms with van der Waals surface area (Å²) in [4.78, 5) is 7.19. The smallest absolute Gasteiger partial charge is 0.302 e. The van der Waals surface area contributed by atoms with E-state index < -0.39 is 0 Å². The van der Waals surface area contributed by atoms with Gasteiger partial charge in [0.05, 0.1) is 11.4 Å². The summed E-state index contributed by atoms with van der Waals surface area (Å²) in [7, 11) is 0.